The van der Waals surface area contributed by atoms with Crippen molar-refractivity contribution in [3.05, 3.63) is 36.5 Å². The van der Waals surface area contributed by atoms with E-state index in [4.69, 9.17) is 14.2 Å². The molecule has 0 spiro atoms. The second kappa shape index (κ2) is 53.2. The van der Waals surface area contributed by atoms with Crippen molar-refractivity contribution in [2.45, 2.75) is 303 Å². The Hall–Kier alpha value is -2.37. The Labute approximate surface area is 397 Å². The summed E-state index contributed by atoms with van der Waals surface area (Å²) < 4.78 is 16.8. The van der Waals surface area contributed by atoms with Gasteiger partial charge in [0, 0.05) is 19.3 Å². The van der Waals surface area contributed by atoms with Crippen LogP contribution in [0, 0.1) is 0 Å². The average Bonchev–Trinajstić information content (AvgIpc) is 3.29. The molecular formula is C58H106O6. The molecule has 0 fully saturated rings. The van der Waals surface area contributed by atoms with Crippen molar-refractivity contribution in [3.8, 4) is 0 Å². The van der Waals surface area contributed by atoms with Gasteiger partial charge >= 0.3 is 17.9 Å². The minimum Gasteiger partial charge on any atom is -0.462 e. The van der Waals surface area contributed by atoms with Gasteiger partial charge in [0.2, 0.25) is 0 Å². The maximum absolute atomic E-state index is 12.8. The van der Waals surface area contributed by atoms with Crippen LogP contribution < -0.4 is 0 Å². The van der Waals surface area contributed by atoms with Crippen molar-refractivity contribution in [1.82, 2.24) is 0 Å². The van der Waals surface area contributed by atoms with Crippen molar-refractivity contribution < 1.29 is 28.6 Å². The van der Waals surface area contributed by atoms with Gasteiger partial charge in [0.05, 0.1) is 0 Å². The average molecular weight is 899 g/mol. The van der Waals surface area contributed by atoms with Crippen molar-refractivity contribution in [1.29, 1.82) is 0 Å². The molecule has 0 aromatic heterocycles. The topological polar surface area (TPSA) is 78.9 Å². The van der Waals surface area contributed by atoms with Crippen LogP contribution in [-0.2, 0) is 28.6 Å². The lowest BCUT2D eigenvalue weighted by atomic mass is 10.0. The van der Waals surface area contributed by atoms with Gasteiger partial charge in [0.15, 0.2) is 6.10 Å². The van der Waals surface area contributed by atoms with Crippen LogP contribution in [0.1, 0.15) is 297 Å². The van der Waals surface area contributed by atoms with Crippen molar-refractivity contribution in [3.63, 3.8) is 0 Å². The molecular weight excluding hydrogens is 793 g/mol. The maximum atomic E-state index is 12.8. The highest BCUT2D eigenvalue weighted by Gasteiger charge is 2.19. The molecule has 0 bridgehead atoms. The molecule has 374 valence electrons. The van der Waals surface area contributed by atoms with E-state index in [2.05, 4.69) is 57.2 Å². The van der Waals surface area contributed by atoms with Crippen molar-refractivity contribution in [2.75, 3.05) is 13.2 Å². The fourth-order valence-corrected chi connectivity index (χ4v) is 8.12. The lowest BCUT2D eigenvalue weighted by molar-refractivity contribution is -0.167. The van der Waals surface area contributed by atoms with E-state index < -0.39 is 6.10 Å². The van der Waals surface area contributed by atoms with Crippen LogP contribution in [0.25, 0.3) is 0 Å². The van der Waals surface area contributed by atoms with Crippen molar-refractivity contribution >= 4 is 17.9 Å². The monoisotopic (exact) mass is 899 g/mol. The first-order valence-corrected chi connectivity index (χ1v) is 28.0. The number of hydrogen-bond donors (Lipinski definition) is 0. The number of hydrogen-bond acceptors (Lipinski definition) is 6. The molecule has 1 atom stereocenters. The molecule has 0 radical (unpaired) electrons. The van der Waals surface area contributed by atoms with Gasteiger partial charge in [-0.3, -0.25) is 14.4 Å². The van der Waals surface area contributed by atoms with Gasteiger partial charge in [0.25, 0.3) is 0 Å². The SMILES string of the molecule is CCCCC/C=C/C/C=C/CCCCCCCCCC(=O)OC[C@@H](COC(=O)CCCCCCC/C=C/CCCCCC)OC(=O)CCCCCCCCCCCCCCCCCC. The Bertz CT molecular complexity index is 1080. The van der Waals surface area contributed by atoms with Gasteiger partial charge < -0.3 is 14.2 Å². The van der Waals surface area contributed by atoms with E-state index in [0.29, 0.717) is 19.3 Å². The van der Waals surface area contributed by atoms with Crippen LogP contribution in [-0.4, -0.2) is 37.2 Å². The Morgan fingerprint density at radius 3 is 0.922 bits per heavy atom. The van der Waals surface area contributed by atoms with Gasteiger partial charge in [-0.2, -0.15) is 0 Å². The molecule has 6 heteroatoms. The number of allylic oxidation sites excluding steroid dienone is 6. The van der Waals surface area contributed by atoms with Crippen LogP contribution in [0.5, 0.6) is 0 Å². The Morgan fingerprint density at radius 2 is 0.562 bits per heavy atom. The van der Waals surface area contributed by atoms with Gasteiger partial charge in [0.1, 0.15) is 13.2 Å². The van der Waals surface area contributed by atoms with Crippen LogP contribution in [0.15, 0.2) is 36.5 Å². The fourth-order valence-electron chi connectivity index (χ4n) is 8.12. The lowest BCUT2D eigenvalue weighted by Gasteiger charge is -2.18. The summed E-state index contributed by atoms with van der Waals surface area (Å²) in [6.07, 6.45) is 62.7. The Morgan fingerprint density at radius 1 is 0.312 bits per heavy atom. The molecule has 0 heterocycles. The fraction of sp³-hybridized carbons (Fsp3) is 0.845. The van der Waals surface area contributed by atoms with Crippen LogP contribution in [0.4, 0.5) is 0 Å². The second-order valence-corrected chi connectivity index (χ2v) is 18.8. The quantitative estimate of drug-likeness (QED) is 0.0262. The first kappa shape index (κ1) is 61.6. The van der Waals surface area contributed by atoms with Crippen molar-refractivity contribution in [2.24, 2.45) is 0 Å². The van der Waals surface area contributed by atoms with Crippen LogP contribution in [0.3, 0.4) is 0 Å². The molecule has 0 unspecified atom stereocenters. The largest absolute Gasteiger partial charge is 0.462 e. The second-order valence-electron chi connectivity index (χ2n) is 18.8. The van der Waals surface area contributed by atoms with E-state index in [1.54, 1.807) is 0 Å². The van der Waals surface area contributed by atoms with E-state index >= 15 is 0 Å². The molecule has 0 aliphatic heterocycles. The highest BCUT2D eigenvalue weighted by molar-refractivity contribution is 5.71. The molecule has 0 aliphatic carbocycles. The molecule has 0 N–H and O–H groups in total. The molecule has 0 saturated heterocycles. The zero-order valence-corrected chi connectivity index (χ0v) is 42.8. The Balaban J connectivity index is 4.36. The number of rotatable bonds is 51. The molecule has 0 rings (SSSR count). The molecule has 0 aromatic rings. The van der Waals surface area contributed by atoms with E-state index in [1.807, 2.05) is 0 Å². The van der Waals surface area contributed by atoms with Crippen LogP contribution in [0.2, 0.25) is 0 Å². The predicted molar refractivity (Wildman–Crippen MR) is 275 cm³/mol. The summed E-state index contributed by atoms with van der Waals surface area (Å²) in [6, 6.07) is 0. The number of carbonyl (C=O) groups excluding carboxylic acids is 3. The zero-order chi connectivity index (χ0) is 46.5. The first-order chi connectivity index (χ1) is 31.5. The first-order valence-electron chi connectivity index (χ1n) is 28.0. The summed E-state index contributed by atoms with van der Waals surface area (Å²) in [5.74, 6) is -0.876. The minimum absolute atomic E-state index is 0.0757. The summed E-state index contributed by atoms with van der Waals surface area (Å²) in [7, 11) is 0. The molecule has 0 amide bonds. The standard InChI is InChI=1S/C58H106O6/c1-4-7-10-13-16-19-22-25-27-29-31-33-36-39-42-45-48-51-57(60)63-54-55(53-62-56(59)50-47-44-41-38-35-32-24-21-18-15-12-9-6-3)64-58(61)52-49-46-43-40-37-34-30-28-26-23-20-17-14-11-8-5-2/h16,19,21,24-25,27,55H,4-15,17-18,20,22-23,26,28-54H2,1-3H3/b19-16+,24-21+,27-25+/t55-/m1/s1. The van der Waals surface area contributed by atoms with Gasteiger partial charge in [-0.05, 0) is 77.0 Å². The summed E-state index contributed by atoms with van der Waals surface area (Å²) in [5, 5.41) is 0. The molecule has 0 aromatic carbocycles. The Kier molecular flexibility index (Phi) is 51.3. The smallest absolute Gasteiger partial charge is 0.306 e. The third kappa shape index (κ3) is 50.6. The van der Waals surface area contributed by atoms with E-state index in [0.717, 1.165) is 77.0 Å². The maximum Gasteiger partial charge on any atom is 0.306 e. The highest BCUT2D eigenvalue weighted by atomic mass is 16.6. The summed E-state index contributed by atoms with van der Waals surface area (Å²) in [6.45, 7) is 6.62. The lowest BCUT2D eigenvalue weighted by Crippen LogP contribution is -2.30. The third-order valence-electron chi connectivity index (χ3n) is 12.4. The summed E-state index contributed by atoms with van der Waals surface area (Å²) >= 11 is 0. The predicted octanol–water partition coefficient (Wildman–Crippen LogP) is 18.5. The van der Waals surface area contributed by atoms with E-state index in [-0.39, 0.29) is 31.1 Å². The third-order valence-corrected chi connectivity index (χ3v) is 12.4. The normalized spacial score (nSPS) is 12.2. The van der Waals surface area contributed by atoms with Gasteiger partial charge in [-0.25, -0.2) is 0 Å². The van der Waals surface area contributed by atoms with E-state index in [1.165, 1.54) is 180 Å². The number of carbonyl (C=O) groups is 3. The summed E-state index contributed by atoms with van der Waals surface area (Å²) in [5.41, 5.74) is 0. The minimum atomic E-state index is -0.775. The number of ether oxygens (including phenoxy) is 3. The summed E-state index contributed by atoms with van der Waals surface area (Å²) in [4.78, 5) is 38.1. The number of unbranched alkanes of at least 4 members (excludes halogenated alkanes) is 34. The molecule has 0 aliphatic rings. The molecule has 0 saturated carbocycles. The van der Waals surface area contributed by atoms with Gasteiger partial charge in [-0.1, -0.05) is 237 Å². The van der Waals surface area contributed by atoms with Crippen LogP contribution >= 0.6 is 0 Å². The van der Waals surface area contributed by atoms with Gasteiger partial charge in [-0.15, -0.1) is 0 Å². The van der Waals surface area contributed by atoms with E-state index in [9.17, 15) is 14.4 Å². The molecule has 6 nitrogen and oxygen atoms in total. The highest BCUT2D eigenvalue weighted by Crippen LogP contribution is 2.16. The molecule has 64 heavy (non-hydrogen) atoms. The number of esters is 3. The zero-order valence-electron chi connectivity index (χ0n) is 42.8.